The summed E-state index contributed by atoms with van der Waals surface area (Å²) in [4.78, 5) is 44.1. The van der Waals surface area contributed by atoms with Crippen LogP contribution in [0.1, 0.15) is 23.8 Å². The number of carbonyl (C=O) groups excluding carboxylic acids is 3. The first-order valence-electron chi connectivity index (χ1n) is 5.75. The Hall–Kier alpha value is -2.51. The van der Waals surface area contributed by atoms with Crippen LogP contribution >= 0.6 is 0 Å². The molecule has 0 saturated carbocycles. The van der Waals surface area contributed by atoms with Crippen LogP contribution in [0, 0.1) is 0 Å². The standard InChI is InChI=1S/C11H13N5O3/c1-2-7-10(18)15-9(17)5-16(7)11(19)6-3-13-4-8(12)14-6/h3-4,7H,2,5H2,1H3,(H2,12,14)(H,15,17,18). The maximum atomic E-state index is 12.2. The zero-order valence-electron chi connectivity index (χ0n) is 10.3. The van der Waals surface area contributed by atoms with Crippen molar-refractivity contribution in [3.8, 4) is 0 Å². The molecule has 1 aromatic heterocycles. The summed E-state index contributed by atoms with van der Waals surface area (Å²) in [5, 5.41) is 2.20. The maximum Gasteiger partial charge on any atom is 0.275 e. The van der Waals surface area contributed by atoms with Crippen molar-refractivity contribution in [3.05, 3.63) is 18.1 Å². The predicted molar refractivity (Wildman–Crippen MR) is 64.7 cm³/mol. The summed E-state index contributed by atoms with van der Waals surface area (Å²) in [5.74, 6) is -1.43. The molecule has 100 valence electrons. The van der Waals surface area contributed by atoms with E-state index in [4.69, 9.17) is 5.73 Å². The lowest BCUT2D eigenvalue weighted by Gasteiger charge is -2.32. The maximum absolute atomic E-state index is 12.2. The summed E-state index contributed by atoms with van der Waals surface area (Å²) in [5.41, 5.74) is 5.47. The van der Waals surface area contributed by atoms with Gasteiger partial charge >= 0.3 is 0 Å². The zero-order valence-corrected chi connectivity index (χ0v) is 10.3. The third-order valence-electron chi connectivity index (χ3n) is 2.78. The molecule has 1 fully saturated rings. The SMILES string of the molecule is CCC1C(=O)NC(=O)CN1C(=O)c1cncc(N)n1. The van der Waals surface area contributed by atoms with E-state index in [1.807, 2.05) is 0 Å². The summed E-state index contributed by atoms with van der Waals surface area (Å²) in [6, 6.07) is -0.687. The Morgan fingerprint density at radius 3 is 2.89 bits per heavy atom. The number of carbonyl (C=O) groups is 3. The Morgan fingerprint density at radius 1 is 1.53 bits per heavy atom. The molecule has 2 rings (SSSR count). The summed E-state index contributed by atoms with van der Waals surface area (Å²) in [7, 11) is 0. The van der Waals surface area contributed by atoms with Gasteiger partial charge in [-0.1, -0.05) is 6.92 Å². The predicted octanol–water partition coefficient (Wildman–Crippen LogP) is -1.06. The average Bonchev–Trinajstić information content (AvgIpc) is 2.37. The first-order chi connectivity index (χ1) is 9.02. The van der Waals surface area contributed by atoms with Crippen molar-refractivity contribution in [2.45, 2.75) is 19.4 Å². The molecule has 0 aliphatic carbocycles. The van der Waals surface area contributed by atoms with Crippen LogP contribution in [0.25, 0.3) is 0 Å². The van der Waals surface area contributed by atoms with Gasteiger partial charge in [0, 0.05) is 0 Å². The van der Waals surface area contributed by atoms with Crippen LogP contribution in [0.5, 0.6) is 0 Å². The summed E-state index contributed by atoms with van der Waals surface area (Å²) in [6.45, 7) is 1.57. The second-order valence-corrected chi connectivity index (χ2v) is 4.10. The molecule has 2 heterocycles. The number of rotatable bonds is 2. The fraction of sp³-hybridized carbons (Fsp3) is 0.364. The number of hydrogen-bond acceptors (Lipinski definition) is 6. The molecule has 0 aromatic carbocycles. The Labute approximate surface area is 109 Å². The van der Waals surface area contributed by atoms with Crippen LogP contribution in [0.3, 0.4) is 0 Å². The van der Waals surface area contributed by atoms with E-state index in [1.54, 1.807) is 6.92 Å². The van der Waals surface area contributed by atoms with Crippen molar-refractivity contribution >= 4 is 23.5 Å². The van der Waals surface area contributed by atoms with E-state index in [-0.39, 0.29) is 18.1 Å². The molecule has 8 nitrogen and oxygen atoms in total. The Balaban J connectivity index is 2.30. The van der Waals surface area contributed by atoms with E-state index in [0.717, 1.165) is 0 Å². The zero-order chi connectivity index (χ0) is 14.0. The number of nitrogens with one attached hydrogen (secondary N) is 1. The van der Waals surface area contributed by atoms with Crippen LogP contribution in [0.2, 0.25) is 0 Å². The quantitative estimate of drug-likeness (QED) is 0.656. The van der Waals surface area contributed by atoms with Crippen molar-refractivity contribution < 1.29 is 14.4 Å². The topological polar surface area (TPSA) is 118 Å². The van der Waals surface area contributed by atoms with E-state index >= 15 is 0 Å². The smallest absolute Gasteiger partial charge is 0.275 e. The number of imide groups is 1. The van der Waals surface area contributed by atoms with Gasteiger partial charge in [0.25, 0.3) is 5.91 Å². The molecule has 1 saturated heterocycles. The van der Waals surface area contributed by atoms with Crippen molar-refractivity contribution in [3.63, 3.8) is 0 Å². The van der Waals surface area contributed by atoms with Gasteiger partial charge in [-0.2, -0.15) is 0 Å². The van der Waals surface area contributed by atoms with Gasteiger partial charge in [-0.15, -0.1) is 0 Å². The number of nitrogens with two attached hydrogens (primary N) is 1. The molecule has 19 heavy (non-hydrogen) atoms. The van der Waals surface area contributed by atoms with Crippen molar-refractivity contribution in [2.24, 2.45) is 0 Å². The molecule has 1 aromatic rings. The highest BCUT2D eigenvalue weighted by molar-refractivity contribution is 6.06. The molecule has 0 spiro atoms. The lowest BCUT2D eigenvalue weighted by atomic mass is 10.1. The first kappa shape index (κ1) is 12.9. The van der Waals surface area contributed by atoms with Gasteiger partial charge in [0.05, 0.1) is 12.4 Å². The number of anilines is 1. The molecular weight excluding hydrogens is 250 g/mol. The highest BCUT2D eigenvalue weighted by Crippen LogP contribution is 2.13. The number of aromatic nitrogens is 2. The van der Waals surface area contributed by atoms with Gasteiger partial charge in [0.2, 0.25) is 11.8 Å². The van der Waals surface area contributed by atoms with E-state index in [2.05, 4.69) is 15.3 Å². The van der Waals surface area contributed by atoms with Crippen LogP contribution in [0.4, 0.5) is 5.82 Å². The van der Waals surface area contributed by atoms with Gasteiger partial charge in [-0.25, -0.2) is 4.98 Å². The van der Waals surface area contributed by atoms with Gasteiger partial charge in [0.15, 0.2) is 0 Å². The van der Waals surface area contributed by atoms with Crippen molar-refractivity contribution in [1.82, 2.24) is 20.2 Å². The molecule has 8 heteroatoms. The minimum absolute atomic E-state index is 0.0148. The van der Waals surface area contributed by atoms with Gasteiger partial charge < -0.3 is 10.6 Å². The summed E-state index contributed by atoms with van der Waals surface area (Å²) >= 11 is 0. The highest BCUT2D eigenvalue weighted by Gasteiger charge is 2.36. The Bertz CT molecular complexity index is 545. The van der Waals surface area contributed by atoms with Crippen LogP contribution < -0.4 is 11.1 Å². The van der Waals surface area contributed by atoms with Crippen LogP contribution in [-0.2, 0) is 9.59 Å². The normalized spacial score (nSPS) is 19.2. The van der Waals surface area contributed by atoms with Crippen molar-refractivity contribution in [1.29, 1.82) is 0 Å². The monoisotopic (exact) mass is 263 g/mol. The van der Waals surface area contributed by atoms with Crippen LogP contribution in [-0.4, -0.2) is 45.2 Å². The van der Waals surface area contributed by atoms with E-state index in [0.29, 0.717) is 6.42 Å². The lowest BCUT2D eigenvalue weighted by molar-refractivity contribution is -0.138. The molecule has 1 aliphatic rings. The van der Waals surface area contributed by atoms with Crippen molar-refractivity contribution in [2.75, 3.05) is 12.3 Å². The number of nitrogens with zero attached hydrogens (tertiary/aromatic N) is 3. The summed E-state index contributed by atoms with van der Waals surface area (Å²) in [6.07, 6.45) is 2.96. The minimum Gasteiger partial charge on any atom is -0.382 e. The third kappa shape index (κ3) is 2.51. The van der Waals surface area contributed by atoms with Gasteiger partial charge in [0.1, 0.15) is 24.1 Å². The first-order valence-corrected chi connectivity index (χ1v) is 5.75. The van der Waals surface area contributed by atoms with E-state index in [1.165, 1.54) is 17.3 Å². The highest BCUT2D eigenvalue weighted by atomic mass is 16.2. The number of nitrogen functional groups attached to an aromatic ring is 1. The molecule has 3 amide bonds. The lowest BCUT2D eigenvalue weighted by Crippen LogP contribution is -2.59. The number of hydrogen-bond donors (Lipinski definition) is 2. The van der Waals surface area contributed by atoms with Crippen LogP contribution in [0.15, 0.2) is 12.4 Å². The van der Waals surface area contributed by atoms with Gasteiger partial charge in [-0.3, -0.25) is 24.7 Å². The van der Waals surface area contributed by atoms with E-state index in [9.17, 15) is 14.4 Å². The number of piperazine rings is 1. The molecule has 1 aliphatic heterocycles. The average molecular weight is 263 g/mol. The summed E-state index contributed by atoms with van der Waals surface area (Å²) < 4.78 is 0. The molecule has 3 N–H and O–H groups in total. The fourth-order valence-electron chi connectivity index (χ4n) is 1.92. The molecular formula is C11H13N5O3. The minimum atomic E-state index is -0.687. The molecule has 0 radical (unpaired) electrons. The number of amides is 3. The molecule has 1 atom stereocenters. The second-order valence-electron chi connectivity index (χ2n) is 4.10. The van der Waals surface area contributed by atoms with E-state index < -0.39 is 23.8 Å². The Kier molecular flexibility index (Phi) is 3.41. The second kappa shape index (κ2) is 5.01. The molecule has 1 unspecified atom stereocenters. The Morgan fingerprint density at radius 2 is 2.26 bits per heavy atom. The largest absolute Gasteiger partial charge is 0.382 e. The van der Waals surface area contributed by atoms with Gasteiger partial charge in [-0.05, 0) is 6.42 Å². The fourth-order valence-corrected chi connectivity index (χ4v) is 1.92. The third-order valence-corrected chi connectivity index (χ3v) is 2.78. The molecule has 0 bridgehead atoms.